The van der Waals surface area contributed by atoms with E-state index < -0.39 is 0 Å². The zero-order valence-electron chi connectivity index (χ0n) is 12.4. The first kappa shape index (κ1) is 13.5. The Hall–Kier alpha value is -3.13. The second kappa shape index (κ2) is 5.58. The highest BCUT2D eigenvalue weighted by Gasteiger charge is 2.21. The SMILES string of the molecule is O=C1OC(c2ccccc2)=CC1=Cc1cccc2ccccc12. The molecule has 1 aliphatic heterocycles. The molecule has 0 bridgehead atoms. The van der Waals surface area contributed by atoms with Crippen LogP contribution in [0.2, 0.25) is 0 Å². The van der Waals surface area contributed by atoms with Crippen molar-refractivity contribution in [3.63, 3.8) is 0 Å². The fourth-order valence-electron chi connectivity index (χ4n) is 2.78. The molecule has 110 valence electrons. The van der Waals surface area contributed by atoms with Gasteiger partial charge in [-0.2, -0.15) is 0 Å². The second-order valence-corrected chi connectivity index (χ2v) is 5.43. The molecule has 0 N–H and O–H groups in total. The van der Waals surface area contributed by atoms with E-state index in [0.717, 1.165) is 21.9 Å². The third kappa shape index (κ3) is 2.55. The summed E-state index contributed by atoms with van der Waals surface area (Å²) < 4.78 is 5.40. The Morgan fingerprint density at radius 1 is 0.783 bits per heavy atom. The Morgan fingerprint density at radius 3 is 2.39 bits per heavy atom. The van der Waals surface area contributed by atoms with Crippen LogP contribution < -0.4 is 0 Å². The lowest BCUT2D eigenvalue weighted by Crippen LogP contribution is -1.97. The van der Waals surface area contributed by atoms with E-state index in [0.29, 0.717) is 11.3 Å². The van der Waals surface area contributed by atoms with Gasteiger partial charge in [-0.1, -0.05) is 72.8 Å². The second-order valence-electron chi connectivity index (χ2n) is 5.43. The first-order valence-electron chi connectivity index (χ1n) is 7.50. The van der Waals surface area contributed by atoms with E-state index in [1.807, 2.05) is 60.7 Å². The normalized spacial score (nSPS) is 15.7. The van der Waals surface area contributed by atoms with Crippen LogP contribution >= 0.6 is 0 Å². The number of rotatable bonds is 2. The quantitative estimate of drug-likeness (QED) is 0.501. The summed E-state index contributed by atoms with van der Waals surface area (Å²) >= 11 is 0. The first-order chi connectivity index (χ1) is 11.3. The summed E-state index contributed by atoms with van der Waals surface area (Å²) in [5.74, 6) is 0.291. The summed E-state index contributed by atoms with van der Waals surface area (Å²) in [7, 11) is 0. The molecule has 0 spiro atoms. The fraction of sp³-hybridized carbons (Fsp3) is 0. The van der Waals surface area contributed by atoms with Crippen molar-refractivity contribution in [3.05, 3.63) is 95.6 Å². The Labute approximate surface area is 134 Å². The number of hydrogen-bond acceptors (Lipinski definition) is 2. The molecule has 1 aliphatic rings. The van der Waals surface area contributed by atoms with Crippen molar-refractivity contribution in [2.24, 2.45) is 0 Å². The molecule has 3 aromatic carbocycles. The molecule has 0 saturated heterocycles. The van der Waals surface area contributed by atoms with E-state index in [-0.39, 0.29) is 5.97 Å². The van der Waals surface area contributed by atoms with Crippen LogP contribution in [0.5, 0.6) is 0 Å². The van der Waals surface area contributed by atoms with Crippen LogP contribution in [0.4, 0.5) is 0 Å². The van der Waals surface area contributed by atoms with Gasteiger partial charge < -0.3 is 4.74 Å². The lowest BCUT2D eigenvalue weighted by Gasteiger charge is -2.02. The van der Waals surface area contributed by atoms with Gasteiger partial charge >= 0.3 is 5.97 Å². The van der Waals surface area contributed by atoms with Crippen molar-refractivity contribution in [1.82, 2.24) is 0 Å². The Balaban J connectivity index is 1.79. The van der Waals surface area contributed by atoms with Crippen LogP contribution in [0.1, 0.15) is 11.1 Å². The Bertz CT molecular complexity index is 945. The molecule has 0 aromatic heterocycles. The zero-order chi connectivity index (χ0) is 15.6. The lowest BCUT2D eigenvalue weighted by atomic mass is 10.0. The van der Waals surface area contributed by atoms with Crippen molar-refractivity contribution < 1.29 is 9.53 Å². The molecule has 0 saturated carbocycles. The summed E-state index contributed by atoms with van der Waals surface area (Å²) in [5.41, 5.74) is 2.49. The predicted molar refractivity (Wildman–Crippen MR) is 92.4 cm³/mol. The topological polar surface area (TPSA) is 26.3 Å². The third-order valence-corrected chi connectivity index (χ3v) is 3.92. The highest BCUT2D eigenvalue weighted by molar-refractivity contribution is 6.06. The molecule has 2 heteroatoms. The monoisotopic (exact) mass is 298 g/mol. The number of ether oxygens (including phenoxy) is 1. The molecular weight excluding hydrogens is 284 g/mol. The number of cyclic esters (lactones) is 1. The highest BCUT2D eigenvalue weighted by atomic mass is 16.5. The minimum Gasteiger partial charge on any atom is -0.422 e. The average Bonchev–Trinajstić information content (AvgIpc) is 2.97. The number of benzene rings is 3. The standard InChI is InChI=1S/C21H14O2/c22-21-18(14-20(23-21)16-8-2-1-3-9-16)13-17-11-6-10-15-7-4-5-12-19(15)17/h1-14H. The van der Waals surface area contributed by atoms with Crippen LogP contribution in [-0.4, -0.2) is 5.97 Å². The molecule has 2 nitrogen and oxygen atoms in total. The van der Waals surface area contributed by atoms with Gasteiger partial charge in [0.1, 0.15) is 5.76 Å². The van der Waals surface area contributed by atoms with Crippen LogP contribution in [-0.2, 0) is 9.53 Å². The summed E-state index contributed by atoms with van der Waals surface area (Å²) in [5, 5.41) is 2.28. The molecule has 23 heavy (non-hydrogen) atoms. The first-order valence-corrected chi connectivity index (χ1v) is 7.50. The molecule has 0 atom stereocenters. The van der Waals surface area contributed by atoms with Crippen molar-refractivity contribution in [1.29, 1.82) is 0 Å². The van der Waals surface area contributed by atoms with Gasteiger partial charge in [0, 0.05) is 5.56 Å². The molecule has 0 fully saturated rings. The van der Waals surface area contributed by atoms with Crippen molar-refractivity contribution in [3.8, 4) is 0 Å². The summed E-state index contributed by atoms with van der Waals surface area (Å²) in [6, 6.07) is 23.9. The van der Waals surface area contributed by atoms with E-state index in [2.05, 4.69) is 18.2 Å². The summed E-state index contributed by atoms with van der Waals surface area (Å²) in [4.78, 5) is 12.2. The van der Waals surface area contributed by atoms with Gasteiger partial charge in [-0.25, -0.2) is 4.79 Å². The lowest BCUT2D eigenvalue weighted by molar-refractivity contribution is -0.130. The smallest absolute Gasteiger partial charge is 0.343 e. The number of carbonyl (C=O) groups is 1. The molecule has 4 rings (SSSR count). The predicted octanol–water partition coefficient (Wildman–Crippen LogP) is 4.82. The maximum atomic E-state index is 12.2. The minimum atomic E-state index is -0.309. The minimum absolute atomic E-state index is 0.309. The molecule has 0 amide bonds. The van der Waals surface area contributed by atoms with E-state index in [4.69, 9.17) is 4.74 Å². The van der Waals surface area contributed by atoms with E-state index in [1.54, 1.807) is 6.08 Å². The third-order valence-electron chi connectivity index (χ3n) is 3.92. The van der Waals surface area contributed by atoms with Crippen LogP contribution in [0.25, 0.3) is 22.6 Å². The van der Waals surface area contributed by atoms with Gasteiger partial charge in [-0.3, -0.25) is 0 Å². The molecular formula is C21H14O2. The summed E-state index contributed by atoms with van der Waals surface area (Å²) in [6.07, 6.45) is 3.69. The maximum absolute atomic E-state index is 12.2. The number of fused-ring (bicyclic) bond motifs is 1. The van der Waals surface area contributed by atoms with Crippen molar-refractivity contribution >= 4 is 28.6 Å². The van der Waals surface area contributed by atoms with Crippen LogP contribution in [0.15, 0.2) is 84.4 Å². The van der Waals surface area contributed by atoms with Crippen molar-refractivity contribution in [2.45, 2.75) is 0 Å². The van der Waals surface area contributed by atoms with E-state index >= 15 is 0 Å². The average molecular weight is 298 g/mol. The van der Waals surface area contributed by atoms with Gasteiger partial charge in [-0.05, 0) is 28.5 Å². The number of esters is 1. The van der Waals surface area contributed by atoms with Gasteiger partial charge in [0.05, 0.1) is 5.57 Å². The summed E-state index contributed by atoms with van der Waals surface area (Å²) in [6.45, 7) is 0. The van der Waals surface area contributed by atoms with Crippen LogP contribution in [0.3, 0.4) is 0 Å². The Morgan fingerprint density at radius 2 is 1.52 bits per heavy atom. The van der Waals surface area contributed by atoms with Gasteiger partial charge in [-0.15, -0.1) is 0 Å². The molecule has 1 heterocycles. The van der Waals surface area contributed by atoms with Crippen molar-refractivity contribution in [2.75, 3.05) is 0 Å². The maximum Gasteiger partial charge on any atom is 0.343 e. The van der Waals surface area contributed by atoms with Gasteiger partial charge in [0.2, 0.25) is 0 Å². The fourth-order valence-corrected chi connectivity index (χ4v) is 2.78. The molecule has 0 radical (unpaired) electrons. The Kier molecular flexibility index (Phi) is 3.28. The molecule has 0 unspecified atom stereocenters. The zero-order valence-corrected chi connectivity index (χ0v) is 12.4. The number of carbonyl (C=O) groups excluding carboxylic acids is 1. The highest BCUT2D eigenvalue weighted by Crippen LogP contribution is 2.28. The number of hydrogen-bond donors (Lipinski definition) is 0. The van der Waals surface area contributed by atoms with Crippen LogP contribution in [0, 0.1) is 0 Å². The molecule has 3 aromatic rings. The molecule has 0 aliphatic carbocycles. The van der Waals surface area contributed by atoms with Gasteiger partial charge in [0.25, 0.3) is 0 Å². The van der Waals surface area contributed by atoms with Gasteiger partial charge in [0.15, 0.2) is 0 Å². The largest absolute Gasteiger partial charge is 0.422 e. The van der Waals surface area contributed by atoms with E-state index in [9.17, 15) is 4.79 Å². The van der Waals surface area contributed by atoms with E-state index in [1.165, 1.54) is 0 Å².